The molecular weight excluding hydrogens is 845 g/mol. The number of nitrogens with zero attached hydrogens (tertiary/aromatic N) is 2. The Balaban J connectivity index is 0.891. The van der Waals surface area contributed by atoms with Gasteiger partial charge >= 0.3 is 0 Å². The van der Waals surface area contributed by atoms with Crippen LogP contribution in [-0.4, -0.2) is 6.04 Å². The summed E-state index contributed by atoms with van der Waals surface area (Å²) < 4.78 is 0. The molecule has 0 saturated heterocycles. The molecule has 0 saturated carbocycles. The van der Waals surface area contributed by atoms with Crippen LogP contribution in [-0.2, 0) is 0 Å². The Hall–Kier alpha value is -8.98. The highest BCUT2D eigenvalue weighted by Gasteiger charge is 2.22. The van der Waals surface area contributed by atoms with Crippen molar-refractivity contribution in [2.75, 3.05) is 9.80 Å². The Morgan fingerprint density at radius 1 is 0.286 bits per heavy atom. The monoisotopic (exact) mass is 894 g/mol. The lowest BCUT2D eigenvalue weighted by atomic mass is 9.90. The summed E-state index contributed by atoms with van der Waals surface area (Å²) in [6, 6.07) is 97.1. The molecule has 0 aliphatic heterocycles. The summed E-state index contributed by atoms with van der Waals surface area (Å²) in [5.41, 5.74) is 17.6. The summed E-state index contributed by atoms with van der Waals surface area (Å²) in [4.78, 5) is 4.88. The molecule has 0 amide bonds. The Bertz CT molecular complexity index is 3670. The number of rotatable bonds is 11. The molecule has 0 spiro atoms. The maximum atomic E-state index is 2.49. The fraction of sp³-hybridized carbons (Fsp3) is 0.0294. The number of hydrogen-bond acceptors (Lipinski definition) is 2. The van der Waals surface area contributed by atoms with Crippen LogP contribution >= 0.6 is 0 Å². The molecule has 1 atom stereocenters. The van der Waals surface area contributed by atoms with Crippen LogP contribution in [0.5, 0.6) is 0 Å². The van der Waals surface area contributed by atoms with Gasteiger partial charge < -0.3 is 9.80 Å². The number of allylic oxidation sites excluding steroid dienone is 2. The SMILES string of the molecule is C1=CC(N(c2ccc(-c3ccccc3)cc2)c2ccc3ccccc3c2)CC=C1c1cccc(-c2ccc(N(c3ccc(-c4ccccc4)cc3)c3ccc4ccccc4c3)cc2-c2ccccc2)c1. The van der Waals surface area contributed by atoms with Crippen LogP contribution in [0.1, 0.15) is 12.0 Å². The predicted octanol–water partition coefficient (Wildman–Crippen LogP) is 18.7. The first kappa shape index (κ1) is 42.4. The Labute approximate surface area is 411 Å². The van der Waals surface area contributed by atoms with Crippen LogP contribution in [0.3, 0.4) is 0 Å². The Kier molecular flexibility index (Phi) is 11.5. The summed E-state index contributed by atoms with van der Waals surface area (Å²) in [6.45, 7) is 0. The molecule has 2 heteroatoms. The van der Waals surface area contributed by atoms with Gasteiger partial charge in [0, 0.05) is 28.4 Å². The minimum Gasteiger partial charge on any atom is -0.334 e. The second-order valence-electron chi connectivity index (χ2n) is 18.1. The smallest absolute Gasteiger partial charge is 0.0560 e. The van der Waals surface area contributed by atoms with Crippen molar-refractivity contribution in [3.8, 4) is 44.5 Å². The fourth-order valence-corrected chi connectivity index (χ4v) is 10.2. The molecule has 70 heavy (non-hydrogen) atoms. The average molecular weight is 895 g/mol. The topological polar surface area (TPSA) is 6.48 Å². The highest BCUT2D eigenvalue weighted by Crippen LogP contribution is 2.43. The third kappa shape index (κ3) is 8.60. The zero-order chi connectivity index (χ0) is 46.6. The zero-order valence-electron chi connectivity index (χ0n) is 38.8. The van der Waals surface area contributed by atoms with Gasteiger partial charge in [-0.3, -0.25) is 0 Å². The van der Waals surface area contributed by atoms with Gasteiger partial charge in [-0.2, -0.15) is 0 Å². The Morgan fingerprint density at radius 3 is 1.34 bits per heavy atom. The third-order valence-electron chi connectivity index (χ3n) is 13.7. The van der Waals surface area contributed by atoms with Crippen LogP contribution in [0, 0.1) is 0 Å². The first-order valence-corrected chi connectivity index (χ1v) is 24.3. The molecule has 1 aliphatic carbocycles. The lowest BCUT2D eigenvalue weighted by molar-refractivity contribution is 0.787. The molecule has 0 N–H and O–H groups in total. The van der Waals surface area contributed by atoms with Crippen LogP contribution < -0.4 is 9.80 Å². The van der Waals surface area contributed by atoms with E-state index in [9.17, 15) is 0 Å². The third-order valence-corrected chi connectivity index (χ3v) is 13.7. The number of hydrogen-bond donors (Lipinski definition) is 0. The molecule has 0 bridgehead atoms. The lowest BCUT2D eigenvalue weighted by Gasteiger charge is -2.33. The molecule has 11 aromatic carbocycles. The highest BCUT2D eigenvalue weighted by atomic mass is 15.2. The van der Waals surface area contributed by atoms with Crippen molar-refractivity contribution in [3.63, 3.8) is 0 Å². The molecule has 12 rings (SSSR count). The van der Waals surface area contributed by atoms with E-state index in [2.05, 4.69) is 295 Å². The van der Waals surface area contributed by atoms with Crippen LogP contribution in [0.2, 0.25) is 0 Å². The average Bonchev–Trinajstić information content (AvgIpc) is 3.44. The van der Waals surface area contributed by atoms with Crippen LogP contribution in [0.25, 0.3) is 71.6 Å². The Morgan fingerprint density at radius 2 is 0.743 bits per heavy atom. The second-order valence-corrected chi connectivity index (χ2v) is 18.1. The van der Waals surface area contributed by atoms with Gasteiger partial charge in [-0.25, -0.2) is 0 Å². The minimum absolute atomic E-state index is 0.132. The first-order valence-electron chi connectivity index (χ1n) is 24.3. The van der Waals surface area contributed by atoms with Crippen molar-refractivity contribution in [2.24, 2.45) is 0 Å². The maximum Gasteiger partial charge on any atom is 0.0560 e. The van der Waals surface area contributed by atoms with E-state index in [4.69, 9.17) is 0 Å². The fourth-order valence-electron chi connectivity index (χ4n) is 10.2. The van der Waals surface area contributed by atoms with E-state index in [-0.39, 0.29) is 6.04 Å². The molecular formula is C68H50N2. The van der Waals surface area contributed by atoms with E-state index < -0.39 is 0 Å². The van der Waals surface area contributed by atoms with Crippen molar-refractivity contribution in [1.82, 2.24) is 0 Å². The van der Waals surface area contributed by atoms with E-state index in [1.54, 1.807) is 0 Å². The summed E-state index contributed by atoms with van der Waals surface area (Å²) >= 11 is 0. The van der Waals surface area contributed by atoms with Gasteiger partial charge in [-0.05, 0) is 150 Å². The molecule has 332 valence electrons. The highest BCUT2D eigenvalue weighted by molar-refractivity contribution is 5.93. The number of fused-ring (bicyclic) bond motifs is 2. The summed E-state index contributed by atoms with van der Waals surface area (Å²) in [6.07, 6.45) is 8.00. The lowest BCUT2D eigenvalue weighted by Crippen LogP contribution is -2.30. The molecule has 0 aromatic heterocycles. The summed E-state index contributed by atoms with van der Waals surface area (Å²) in [5.74, 6) is 0. The molecule has 0 heterocycles. The van der Waals surface area contributed by atoms with Gasteiger partial charge in [-0.1, -0.05) is 218 Å². The van der Waals surface area contributed by atoms with Crippen molar-refractivity contribution in [3.05, 3.63) is 291 Å². The van der Waals surface area contributed by atoms with E-state index in [1.807, 2.05) is 0 Å². The molecule has 11 aromatic rings. The quantitative estimate of drug-likeness (QED) is 0.128. The van der Waals surface area contributed by atoms with E-state index in [1.165, 1.54) is 88.6 Å². The van der Waals surface area contributed by atoms with Crippen LogP contribution in [0.15, 0.2) is 285 Å². The second kappa shape index (κ2) is 19.0. The standard InChI is InChI=1S/C68H50N2/c1-4-15-49(16-5-1)53-27-35-61(36-28-53)69(64-41-33-51-19-10-12-23-58(51)46-64)62-39-31-55(32-40-62)57-25-14-26-60(45-57)67-44-43-66(48-68(67)56-21-8-3-9-22-56)70(65-42-34-52-20-11-13-24-59(52)47-65)63-37-29-54(30-38-63)50-17-6-2-7-18-50/h1-39,41-48,62H,40H2. The van der Waals surface area contributed by atoms with Gasteiger partial charge in [0.1, 0.15) is 0 Å². The van der Waals surface area contributed by atoms with E-state index in [0.717, 1.165) is 23.5 Å². The zero-order valence-corrected chi connectivity index (χ0v) is 38.8. The van der Waals surface area contributed by atoms with Crippen molar-refractivity contribution in [1.29, 1.82) is 0 Å². The van der Waals surface area contributed by atoms with E-state index >= 15 is 0 Å². The predicted molar refractivity (Wildman–Crippen MR) is 298 cm³/mol. The number of anilines is 5. The number of benzene rings is 11. The normalized spacial score (nSPS) is 13.3. The van der Waals surface area contributed by atoms with Crippen molar-refractivity contribution < 1.29 is 0 Å². The van der Waals surface area contributed by atoms with Gasteiger partial charge in [0.05, 0.1) is 6.04 Å². The molecule has 1 unspecified atom stereocenters. The summed E-state index contributed by atoms with van der Waals surface area (Å²) in [7, 11) is 0. The summed E-state index contributed by atoms with van der Waals surface area (Å²) in [5, 5.41) is 4.91. The molecule has 0 fully saturated rings. The first-order chi connectivity index (χ1) is 34.7. The van der Waals surface area contributed by atoms with Gasteiger partial charge in [0.2, 0.25) is 0 Å². The minimum atomic E-state index is 0.132. The van der Waals surface area contributed by atoms with E-state index in [0.29, 0.717) is 0 Å². The maximum absolute atomic E-state index is 2.49. The molecule has 1 aliphatic rings. The van der Waals surface area contributed by atoms with Crippen LogP contribution in [0.4, 0.5) is 28.4 Å². The van der Waals surface area contributed by atoms with Gasteiger partial charge in [-0.15, -0.1) is 0 Å². The van der Waals surface area contributed by atoms with Gasteiger partial charge in [0.15, 0.2) is 0 Å². The molecule has 0 radical (unpaired) electrons. The van der Waals surface area contributed by atoms with Crippen molar-refractivity contribution >= 4 is 55.6 Å². The largest absolute Gasteiger partial charge is 0.334 e. The van der Waals surface area contributed by atoms with Gasteiger partial charge in [0.25, 0.3) is 0 Å². The van der Waals surface area contributed by atoms with Crippen molar-refractivity contribution in [2.45, 2.75) is 12.5 Å². The molecule has 2 nitrogen and oxygen atoms in total.